The van der Waals surface area contributed by atoms with Crippen LogP contribution in [0.25, 0.3) is 17.1 Å². The number of aromatic nitrogens is 7. The van der Waals surface area contributed by atoms with Crippen molar-refractivity contribution in [2.24, 2.45) is 0 Å². The third-order valence-corrected chi connectivity index (χ3v) is 3.76. The lowest BCUT2D eigenvalue weighted by Gasteiger charge is -2.04. The zero-order chi connectivity index (χ0) is 18.5. The van der Waals surface area contributed by atoms with Crippen molar-refractivity contribution in [3.63, 3.8) is 0 Å². The Morgan fingerprint density at radius 3 is 2.81 bits per heavy atom. The molecule has 134 valence electrons. The molecule has 1 N–H and O–H groups in total. The highest BCUT2D eigenvalue weighted by atomic mass is 16.5. The van der Waals surface area contributed by atoms with Gasteiger partial charge in [0.2, 0.25) is 11.7 Å². The number of tetrazole rings is 1. The van der Waals surface area contributed by atoms with E-state index in [4.69, 9.17) is 4.52 Å². The third-order valence-electron chi connectivity index (χ3n) is 3.76. The first-order chi connectivity index (χ1) is 13.3. The zero-order valence-corrected chi connectivity index (χ0v) is 14.1. The topological polar surface area (TPSA) is 125 Å². The Bertz CT molecular complexity index is 1010. The lowest BCUT2D eigenvalue weighted by Crippen LogP contribution is -2.25. The predicted molar refractivity (Wildman–Crippen MR) is 92.7 cm³/mol. The number of pyridine rings is 1. The van der Waals surface area contributed by atoms with E-state index < -0.39 is 0 Å². The molecule has 10 nitrogen and oxygen atoms in total. The monoisotopic (exact) mass is 362 g/mol. The molecule has 0 saturated carbocycles. The van der Waals surface area contributed by atoms with E-state index in [1.54, 1.807) is 42.7 Å². The van der Waals surface area contributed by atoms with Crippen LogP contribution < -0.4 is 5.32 Å². The largest absolute Gasteiger partial charge is 0.352 e. The molecular weight excluding hydrogens is 348 g/mol. The molecule has 0 aliphatic carbocycles. The summed E-state index contributed by atoms with van der Waals surface area (Å²) in [5.74, 6) is 0.732. The van der Waals surface area contributed by atoms with Gasteiger partial charge in [0.15, 0.2) is 0 Å². The maximum atomic E-state index is 12.2. The molecule has 0 fully saturated rings. The van der Waals surface area contributed by atoms with Crippen molar-refractivity contribution in [2.75, 3.05) is 6.54 Å². The number of benzene rings is 1. The van der Waals surface area contributed by atoms with Crippen molar-refractivity contribution in [3.05, 3.63) is 66.6 Å². The van der Waals surface area contributed by atoms with Crippen LogP contribution in [0.4, 0.5) is 0 Å². The standard InChI is InChI=1S/C17H14N8O2/c26-17(12-3-5-14(6-4-12)25-11-20-23-24-25)19-9-7-15-21-16(22-27-15)13-2-1-8-18-10-13/h1-6,8,10-11H,7,9H2,(H,19,26). The molecule has 0 aliphatic rings. The van der Waals surface area contributed by atoms with E-state index in [1.807, 2.05) is 6.07 Å². The smallest absolute Gasteiger partial charge is 0.251 e. The SMILES string of the molecule is O=C(NCCc1nc(-c2cccnc2)no1)c1ccc(-n2cnnn2)cc1. The first-order valence-electron chi connectivity index (χ1n) is 8.14. The van der Waals surface area contributed by atoms with Gasteiger partial charge >= 0.3 is 0 Å². The summed E-state index contributed by atoms with van der Waals surface area (Å²) in [6, 6.07) is 10.6. The molecule has 4 aromatic rings. The van der Waals surface area contributed by atoms with Gasteiger partial charge in [-0.3, -0.25) is 9.78 Å². The summed E-state index contributed by atoms with van der Waals surface area (Å²) in [6.45, 7) is 0.377. The van der Waals surface area contributed by atoms with Gasteiger partial charge in [-0.25, -0.2) is 4.68 Å². The number of nitrogens with zero attached hydrogens (tertiary/aromatic N) is 7. The van der Waals surface area contributed by atoms with Gasteiger partial charge in [0.05, 0.1) is 5.69 Å². The highest BCUT2D eigenvalue weighted by Gasteiger charge is 2.10. The second kappa shape index (κ2) is 7.52. The average molecular weight is 362 g/mol. The number of amides is 1. The van der Waals surface area contributed by atoms with Crippen molar-refractivity contribution in [1.29, 1.82) is 0 Å². The molecule has 1 amide bonds. The number of hydrogen-bond acceptors (Lipinski definition) is 8. The zero-order valence-electron chi connectivity index (χ0n) is 14.1. The molecule has 27 heavy (non-hydrogen) atoms. The van der Waals surface area contributed by atoms with Crippen LogP contribution in [0.2, 0.25) is 0 Å². The van der Waals surface area contributed by atoms with Gasteiger partial charge in [0, 0.05) is 36.5 Å². The van der Waals surface area contributed by atoms with Crippen LogP contribution in [0.1, 0.15) is 16.2 Å². The van der Waals surface area contributed by atoms with Crippen LogP contribution in [-0.4, -0.2) is 47.8 Å². The quantitative estimate of drug-likeness (QED) is 0.540. The Hall–Kier alpha value is -3.95. The summed E-state index contributed by atoms with van der Waals surface area (Å²) in [7, 11) is 0. The van der Waals surface area contributed by atoms with Crippen LogP contribution in [0.3, 0.4) is 0 Å². The second-order valence-electron chi connectivity index (χ2n) is 5.56. The van der Waals surface area contributed by atoms with E-state index in [9.17, 15) is 4.79 Å². The fourth-order valence-corrected chi connectivity index (χ4v) is 2.40. The lowest BCUT2D eigenvalue weighted by atomic mass is 10.2. The Morgan fingerprint density at radius 2 is 2.07 bits per heavy atom. The fourth-order valence-electron chi connectivity index (χ4n) is 2.40. The summed E-state index contributed by atoms with van der Waals surface area (Å²) in [6.07, 6.45) is 5.26. The summed E-state index contributed by atoms with van der Waals surface area (Å²) in [5.41, 5.74) is 2.08. The van der Waals surface area contributed by atoms with Crippen molar-refractivity contribution in [3.8, 4) is 17.1 Å². The average Bonchev–Trinajstić information content (AvgIpc) is 3.41. The molecule has 1 aromatic carbocycles. The minimum Gasteiger partial charge on any atom is -0.352 e. The molecule has 10 heteroatoms. The Kier molecular flexibility index (Phi) is 4.60. The molecule has 4 rings (SSSR count). The Morgan fingerprint density at radius 1 is 1.19 bits per heavy atom. The van der Waals surface area contributed by atoms with Crippen molar-refractivity contribution in [1.82, 2.24) is 40.6 Å². The fraction of sp³-hybridized carbons (Fsp3) is 0.118. The van der Waals surface area contributed by atoms with Gasteiger partial charge in [-0.2, -0.15) is 4.98 Å². The van der Waals surface area contributed by atoms with Gasteiger partial charge in [0.25, 0.3) is 5.91 Å². The van der Waals surface area contributed by atoms with E-state index >= 15 is 0 Å². The van der Waals surface area contributed by atoms with E-state index in [1.165, 1.54) is 11.0 Å². The number of carbonyl (C=O) groups excluding carboxylic acids is 1. The summed E-state index contributed by atoms with van der Waals surface area (Å²) >= 11 is 0. The van der Waals surface area contributed by atoms with Crippen molar-refractivity contribution in [2.45, 2.75) is 6.42 Å². The van der Waals surface area contributed by atoms with E-state index in [0.717, 1.165) is 11.3 Å². The molecule has 0 radical (unpaired) electrons. The number of rotatable bonds is 6. The van der Waals surface area contributed by atoms with Crippen molar-refractivity contribution < 1.29 is 9.32 Å². The number of carbonyl (C=O) groups is 1. The van der Waals surface area contributed by atoms with Crippen LogP contribution in [0.5, 0.6) is 0 Å². The highest BCUT2D eigenvalue weighted by molar-refractivity contribution is 5.94. The molecule has 0 bridgehead atoms. The first-order valence-corrected chi connectivity index (χ1v) is 8.14. The van der Waals surface area contributed by atoms with E-state index in [2.05, 4.69) is 36.0 Å². The number of nitrogens with one attached hydrogen (secondary N) is 1. The molecule has 0 saturated heterocycles. The molecule has 0 aliphatic heterocycles. The van der Waals surface area contributed by atoms with Gasteiger partial charge in [-0.1, -0.05) is 5.16 Å². The predicted octanol–water partition coefficient (Wildman–Crippen LogP) is 1.08. The summed E-state index contributed by atoms with van der Waals surface area (Å²) in [4.78, 5) is 20.5. The summed E-state index contributed by atoms with van der Waals surface area (Å²) in [5, 5.41) is 17.7. The molecule has 0 spiro atoms. The first kappa shape index (κ1) is 16.5. The van der Waals surface area contributed by atoms with Crippen molar-refractivity contribution >= 4 is 5.91 Å². The van der Waals surface area contributed by atoms with Crippen LogP contribution >= 0.6 is 0 Å². The highest BCUT2D eigenvalue weighted by Crippen LogP contribution is 2.13. The van der Waals surface area contributed by atoms with E-state index in [0.29, 0.717) is 30.2 Å². The van der Waals surface area contributed by atoms with Crippen LogP contribution in [0.15, 0.2) is 59.6 Å². The minimum absolute atomic E-state index is 0.190. The summed E-state index contributed by atoms with van der Waals surface area (Å²) < 4.78 is 6.71. The van der Waals surface area contributed by atoms with Gasteiger partial charge < -0.3 is 9.84 Å². The normalized spacial score (nSPS) is 10.7. The van der Waals surface area contributed by atoms with Gasteiger partial charge in [0.1, 0.15) is 6.33 Å². The maximum absolute atomic E-state index is 12.2. The maximum Gasteiger partial charge on any atom is 0.251 e. The van der Waals surface area contributed by atoms with Crippen LogP contribution in [-0.2, 0) is 6.42 Å². The van der Waals surface area contributed by atoms with Gasteiger partial charge in [-0.05, 0) is 46.8 Å². The molecule has 3 aromatic heterocycles. The molecule has 3 heterocycles. The Labute approximate surface area is 153 Å². The minimum atomic E-state index is -0.190. The molecular formula is C17H14N8O2. The molecule has 0 unspecified atom stereocenters. The van der Waals surface area contributed by atoms with E-state index in [-0.39, 0.29) is 5.91 Å². The molecule has 0 atom stereocenters. The Balaban J connectivity index is 1.31. The van der Waals surface area contributed by atoms with Gasteiger partial charge in [-0.15, -0.1) is 5.10 Å². The number of hydrogen-bond donors (Lipinski definition) is 1. The van der Waals surface area contributed by atoms with Crippen LogP contribution in [0, 0.1) is 0 Å². The lowest BCUT2D eigenvalue weighted by molar-refractivity contribution is 0.0953. The second-order valence-corrected chi connectivity index (χ2v) is 5.56. The third kappa shape index (κ3) is 3.84.